The van der Waals surface area contributed by atoms with Crippen LogP contribution in [0.2, 0.25) is 0 Å². The van der Waals surface area contributed by atoms with E-state index in [1.165, 1.54) is 0 Å². The van der Waals surface area contributed by atoms with Gasteiger partial charge in [0.1, 0.15) is 11.5 Å². The average Bonchev–Trinajstić information content (AvgIpc) is 2.93. The Labute approximate surface area is 119 Å². The number of aliphatic carboxylic acids is 1. The molecule has 1 fully saturated rings. The van der Waals surface area contributed by atoms with Gasteiger partial charge < -0.3 is 19.5 Å². The lowest BCUT2D eigenvalue weighted by Crippen LogP contribution is -2.20. The maximum absolute atomic E-state index is 10.6. The maximum atomic E-state index is 10.6. The lowest BCUT2D eigenvalue weighted by molar-refractivity contribution is -0.137. The molecule has 1 unspecified atom stereocenters. The predicted molar refractivity (Wildman–Crippen MR) is 76.7 cm³/mol. The third-order valence-electron chi connectivity index (χ3n) is 3.78. The molecule has 1 aromatic carbocycles. The fraction of sp³-hybridized carbons (Fsp3) is 0.533. The lowest BCUT2D eigenvalue weighted by Gasteiger charge is -2.21. The number of rotatable bonds is 6. The molecule has 0 radical (unpaired) electrons. The van der Waals surface area contributed by atoms with E-state index in [0.717, 1.165) is 43.1 Å². The van der Waals surface area contributed by atoms with Crippen LogP contribution in [0.5, 0.6) is 11.5 Å². The van der Waals surface area contributed by atoms with E-state index in [-0.39, 0.29) is 6.42 Å². The number of methoxy groups -OCH3 is 2. The van der Waals surface area contributed by atoms with Gasteiger partial charge in [0.2, 0.25) is 0 Å². The normalized spacial score (nSPS) is 18.1. The molecule has 1 aromatic rings. The molecule has 20 heavy (non-hydrogen) atoms. The van der Waals surface area contributed by atoms with Gasteiger partial charge in [0, 0.05) is 25.6 Å². The first-order valence-electron chi connectivity index (χ1n) is 6.82. The Bertz CT molecular complexity index is 475. The molecule has 110 valence electrons. The van der Waals surface area contributed by atoms with E-state index in [9.17, 15) is 4.79 Å². The summed E-state index contributed by atoms with van der Waals surface area (Å²) in [7, 11) is 3.28. The van der Waals surface area contributed by atoms with Gasteiger partial charge in [-0.25, -0.2) is 0 Å². The van der Waals surface area contributed by atoms with Crippen molar-refractivity contribution in [1.29, 1.82) is 0 Å². The number of carboxylic acid groups (broad SMARTS) is 1. The molecule has 0 spiro atoms. The van der Waals surface area contributed by atoms with E-state index in [2.05, 4.69) is 4.90 Å². The van der Waals surface area contributed by atoms with Crippen molar-refractivity contribution in [3.8, 4) is 11.5 Å². The quantitative estimate of drug-likeness (QED) is 0.866. The first kappa shape index (κ1) is 14.5. The summed E-state index contributed by atoms with van der Waals surface area (Å²) < 4.78 is 10.6. The van der Waals surface area contributed by atoms with Crippen molar-refractivity contribution in [3.63, 3.8) is 0 Å². The first-order valence-corrected chi connectivity index (χ1v) is 6.82. The van der Waals surface area contributed by atoms with E-state index in [1.54, 1.807) is 14.2 Å². The lowest BCUT2D eigenvalue weighted by atomic mass is 10.0. The van der Waals surface area contributed by atoms with Crippen LogP contribution in [0.15, 0.2) is 18.2 Å². The zero-order chi connectivity index (χ0) is 14.5. The predicted octanol–water partition coefficient (Wildman–Crippen LogP) is 2.39. The highest BCUT2D eigenvalue weighted by atomic mass is 16.5. The number of hydrogen-bond donors (Lipinski definition) is 1. The van der Waals surface area contributed by atoms with E-state index < -0.39 is 5.97 Å². The summed E-state index contributed by atoms with van der Waals surface area (Å²) in [5.41, 5.74) is 1.05. The molecule has 5 heteroatoms. The van der Waals surface area contributed by atoms with E-state index >= 15 is 0 Å². The molecule has 5 nitrogen and oxygen atoms in total. The van der Waals surface area contributed by atoms with E-state index in [4.69, 9.17) is 14.6 Å². The highest BCUT2D eigenvalue weighted by Gasteiger charge is 2.25. The van der Waals surface area contributed by atoms with Crippen LogP contribution in [-0.2, 0) is 4.79 Å². The molecule has 1 atom stereocenters. The van der Waals surface area contributed by atoms with Crippen LogP contribution in [-0.4, -0.2) is 38.4 Å². The molecule has 1 aliphatic rings. The summed E-state index contributed by atoms with van der Waals surface area (Å²) >= 11 is 0. The Morgan fingerprint density at radius 3 is 2.85 bits per heavy atom. The highest BCUT2D eigenvalue weighted by Crippen LogP contribution is 2.35. The van der Waals surface area contributed by atoms with Crippen LogP contribution in [0.3, 0.4) is 0 Å². The van der Waals surface area contributed by atoms with E-state index in [0.29, 0.717) is 5.92 Å². The summed E-state index contributed by atoms with van der Waals surface area (Å²) in [4.78, 5) is 12.9. The molecule has 1 saturated heterocycles. The number of hydrogen-bond acceptors (Lipinski definition) is 4. The molecule has 0 aromatic heterocycles. The van der Waals surface area contributed by atoms with Crippen LogP contribution in [0.25, 0.3) is 0 Å². The second kappa shape index (κ2) is 6.50. The topological polar surface area (TPSA) is 59.0 Å². The summed E-state index contributed by atoms with van der Waals surface area (Å²) in [6.45, 7) is 1.82. The molecular weight excluding hydrogens is 258 g/mol. The van der Waals surface area contributed by atoms with Crippen molar-refractivity contribution in [3.05, 3.63) is 18.2 Å². The number of nitrogens with zero attached hydrogens (tertiary/aromatic N) is 1. The molecule has 0 bridgehead atoms. The average molecular weight is 279 g/mol. The van der Waals surface area contributed by atoms with Gasteiger partial charge in [-0.15, -0.1) is 0 Å². The third-order valence-corrected chi connectivity index (χ3v) is 3.78. The number of carbonyl (C=O) groups is 1. The molecular formula is C15H21NO4. The minimum atomic E-state index is -0.717. The molecule has 1 N–H and O–H groups in total. The number of ether oxygens (including phenoxy) is 2. The molecule has 1 aliphatic heterocycles. The molecule has 0 saturated carbocycles. The van der Waals surface area contributed by atoms with Crippen molar-refractivity contribution in [2.24, 2.45) is 5.92 Å². The minimum absolute atomic E-state index is 0.248. The molecule has 0 amide bonds. The number of carboxylic acids is 1. The van der Waals surface area contributed by atoms with Crippen molar-refractivity contribution < 1.29 is 19.4 Å². The molecule has 1 heterocycles. The van der Waals surface area contributed by atoms with Gasteiger partial charge in [0.05, 0.1) is 19.9 Å². The Hall–Kier alpha value is -1.91. The van der Waals surface area contributed by atoms with Crippen molar-refractivity contribution in [1.82, 2.24) is 0 Å². The fourth-order valence-corrected chi connectivity index (χ4v) is 2.66. The first-order chi connectivity index (χ1) is 9.63. The smallest absolute Gasteiger partial charge is 0.303 e. The SMILES string of the molecule is COc1ccc(N2CCC(CCC(=O)O)C2)c(OC)c1. The Kier molecular flexibility index (Phi) is 4.71. The number of benzene rings is 1. The van der Waals surface area contributed by atoms with Crippen LogP contribution < -0.4 is 14.4 Å². The summed E-state index contributed by atoms with van der Waals surface area (Å²) in [6.07, 6.45) is 2.02. The third kappa shape index (κ3) is 3.35. The van der Waals surface area contributed by atoms with Gasteiger partial charge in [0.15, 0.2) is 0 Å². The monoisotopic (exact) mass is 279 g/mol. The Morgan fingerprint density at radius 2 is 2.20 bits per heavy atom. The zero-order valence-corrected chi connectivity index (χ0v) is 12.0. The fourth-order valence-electron chi connectivity index (χ4n) is 2.66. The Balaban J connectivity index is 2.04. The second-order valence-corrected chi connectivity index (χ2v) is 5.07. The second-order valence-electron chi connectivity index (χ2n) is 5.07. The Morgan fingerprint density at radius 1 is 1.40 bits per heavy atom. The van der Waals surface area contributed by atoms with Gasteiger partial charge in [-0.05, 0) is 30.9 Å². The summed E-state index contributed by atoms with van der Waals surface area (Å²) in [6, 6.07) is 5.79. The van der Waals surface area contributed by atoms with Crippen LogP contribution in [0.1, 0.15) is 19.3 Å². The van der Waals surface area contributed by atoms with Gasteiger partial charge in [0.25, 0.3) is 0 Å². The van der Waals surface area contributed by atoms with Crippen molar-refractivity contribution in [2.75, 3.05) is 32.2 Å². The largest absolute Gasteiger partial charge is 0.497 e. The highest BCUT2D eigenvalue weighted by molar-refractivity contribution is 5.66. The molecule has 2 rings (SSSR count). The van der Waals surface area contributed by atoms with Crippen molar-refractivity contribution >= 4 is 11.7 Å². The van der Waals surface area contributed by atoms with Gasteiger partial charge in [-0.3, -0.25) is 4.79 Å². The van der Waals surface area contributed by atoms with Gasteiger partial charge in [-0.2, -0.15) is 0 Å². The van der Waals surface area contributed by atoms with Crippen molar-refractivity contribution in [2.45, 2.75) is 19.3 Å². The van der Waals surface area contributed by atoms with Gasteiger partial charge in [-0.1, -0.05) is 0 Å². The minimum Gasteiger partial charge on any atom is -0.497 e. The van der Waals surface area contributed by atoms with Gasteiger partial charge >= 0.3 is 5.97 Å². The summed E-state index contributed by atoms with van der Waals surface area (Å²) in [5.74, 6) is 1.29. The summed E-state index contributed by atoms with van der Waals surface area (Å²) in [5, 5.41) is 8.75. The standard InChI is InChI=1S/C15H21NO4/c1-19-12-4-5-13(14(9-12)20-2)16-8-7-11(10-16)3-6-15(17)18/h4-5,9,11H,3,6-8,10H2,1-2H3,(H,17,18). The number of anilines is 1. The van der Waals surface area contributed by atoms with Crippen LogP contribution in [0.4, 0.5) is 5.69 Å². The van der Waals surface area contributed by atoms with E-state index in [1.807, 2.05) is 18.2 Å². The maximum Gasteiger partial charge on any atom is 0.303 e. The zero-order valence-electron chi connectivity index (χ0n) is 12.0. The van der Waals surface area contributed by atoms with Crippen LogP contribution in [0, 0.1) is 5.92 Å². The van der Waals surface area contributed by atoms with Crippen LogP contribution >= 0.6 is 0 Å². The molecule has 0 aliphatic carbocycles.